The molecule has 130 valence electrons. The second-order valence-electron chi connectivity index (χ2n) is 6.29. The lowest BCUT2D eigenvalue weighted by molar-refractivity contribution is -0.123. The van der Waals surface area contributed by atoms with Crippen LogP contribution in [-0.4, -0.2) is 26.9 Å². The number of hydrogen-bond donors (Lipinski definition) is 1. The number of nitrogens with zero attached hydrogens (tertiary/aromatic N) is 3. The zero-order valence-electron chi connectivity index (χ0n) is 14.0. The van der Waals surface area contributed by atoms with Gasteiger partial charge < -0.3 is 14.3 Å². The van der Waals surface area contributed by atoms with Crippen molar-refractivity contribution >= 4 is 17.2 Å². The van der Waals surface area contributed by atoms with Gasteiger partial charge in [-0.1, -0.05) is 6.07 Å². The van der Waals surface area contributed by atoms with Gasteiger partial charge in [-0.2, -0.15) is 0 Å². The molecule has 0 radical (unpaired) electrons. The standard InChI is InChI=1S/C18H20N4O2S/c1-21-12-20-16-11-22(9-13-4-2-6-24-13)10-15(17(16)21)18(23)19-8-14-5-3-7-25-14/h2-7,12,15H,8-11H2,1H3,(H,19,23). The van der Waals surface area contributed by atoms with Crippen molar-refractivity contribution in [2.45, 2.75) is 25.6 Å². The lowest BCUT2D eigenvalue weighted by Crippen LogP contribution is -2.41. The molecule has 4 heterocycles. The van der Waals surface area contributed by atoms with Crippen molar-refractivity contribution in [3.63, 3.8) is 0 Å². The van der Waals surface area contributed by atoms with Gasteiger partial charge in [-0.3, -0.25) is 9.69 Å². The Kier molecular flexibility index (Phi) is 4.42. The average molecular weight is 356 g/mol. The highest BCUT2D eigenvalue weighted by Crippen LogP contribution is 2.28. The minimum absolute atomic E-state index is 0.0439. The van der Waals surface area contributed by atoms with E-state index in [0.29, 0.717) is 19.6 Å². The van der Waals surface area contributed by atoms with Gasteiger partial charge >= 0.3 is 0 Å². The predicted octanol–water partition coefficient (Wildman–Crippen LogP) is 2.49. The predicted molar refractivity (Wildman–Crippen MR) is 94.9 cm³/mol. The van der Waals surface area contributed by atoms with Gasteiger partial charge in [0.15, 0.2) is 0 Å². The van der Waals surface area contributed by atoms with E-state index in [4.69, 9.17) is 4.42 Å². The summed E-state index contributed by atoms with van der Waals surface area (Å²) >= 11 is 1.65. The van der Waals surface area contributed by atoms with Crippen molar-refractivity contribution in [2.24, 2.45) is 7.05 Å². The number of hydrogen-bond acceptors (Lipinski definition) is 5. The molecule has 1 atom stereocenters. The van der Waals surface area contributed by atoms with E-state index in [-0.39, 0.29) is 11.8 Å². The van der Waals surface area contributed by atoms with E-state index in [1.165, 1.54) is 0 Å². The van der Waals surface area contributed by atoms with Gasteiger partial charge in [0.05, 0.1) is 43.0 Å². The molecule has 0 saturated carbocycles. The molecule has 7 heteroatoms. The van der Waals surface area contributed by atoms with Gasteiger partial charge in [0.2, 0.25) is 5.91 Å². The molecule has 4 rings (SSSR count). The summed E-state index contributed by atoms with van der Waals surface area (Å²) in [6.07, 6.45) is 3.47. The monoisotopic (exact) mass is 356 g/mol. The summed E-state index contributed by atoms with van der Waals surface area (Å²) in [5.74, 6) is 0.714. The molecule has 0 spiro atoms. The second-order valence-corrected chi connectivity index (χ2v) is 7.32. The summed E-state index contributed by atoms with van der Waals surface area (Å²) in [6, 6.07) is 7.87. The lowest BCUT2D eigenvalue weighted by Gasteiger charge is -2.31. The molecule has 1 N–H and O–H groups in total. The first-order valence-electron chi connectivity index (χ1n) is 8.25. The molecule has 3 aromatic heterocycles. The third kappa shape index (κ3) is 3.38. The van der Waals surface area contributed by atoms with E-state index >= 15 is 0 Å². The van der Waals surface area contributed by atoms with Gasteiger partial charge in [0, 0.05) is 25.0 Å². The molecule has 0 saturated heterocycles. The number of carbonyl (C=O) groups excluding carboxylic acids is 1. The van der Waals surface area contributed by atoms with E-state index < -0.39 is 0 Å². The Morgan fingerprint density at radius 3 is 3.12 bits per heavy atom. The van der Waals surface area contributed by atoms with Crippen LogP contribution in [0.5, 0.6) is 0 Å². The molecule has 0 aromatic carbocycles. The van der Waals surface area contributed by atoms with Gasteiger partial charge in [0.1, 0.15) is 5.76 Å². The fraction of sp³-hybridized carbons (Fsp3) is 0.333. The summed E-state index contributed by atoms with van der Waals surface area (Å²) in [6.45, 7) is 2.63. The topological polar surface area (TPSA) is 63.3 Å². The summed E-state index contributed by atoms with van der Waals surface area (Å²) in [5.41, 5.74) is 1.98. The maximum absolute atomic E-state index is 12.9. The quantitative estimate of drug-likeness (QED) is 0.763. The minimum atomic E-state index is -0.230. The van der Waals surface area contributed by atoms with Crippen molar-refractivity contribution in [3.05, 3.63) is 64.3 Å². The second kappa shape index (κ2) is 6.85. The molecular weight excluding hydrogens is 336 g/mol. The van der Waals surface area contributed by atoms with Crippen LogP contribution in [0.2, 0.25) is 0 Å². The number of aryl methyl sites for hydroxylation is 1. The maximum atomic E-state index is 12.9. The molecule has 1 aliphatic heterocycles. The van der Waals surface area contributed by atoms with Crippen molar-refractivity contribution < 1.29 is 9.21 Å². The van der Waals surface area contributed by atoms with E-state index in [1.54, 1.807) is 23.9 Å². The third-order valence-electron chi connectivity index (χ3n) is 4.50. The number of fused-ring (bicyclic) bond motifs is 1. The maximum Gasteiger partial charge on any atom is 0.230 e. The van der Waals surface area contributed by atoms with Crippen LogP contribution in [0.25, 0.3) is 0 Å². The van der Waals surface area contributed by atoms with Crippen LogP contribution in [0, 0.1) is 0 Å². The SMILES string of the molecule is Cn1cnc2c1C(C(=O)NCc1cccs1)CN(Cc1ccco1)C2. The molecule has 0 fully saturated rings. The van der Waals surface area contributed by atoms with Crippen molar-refractivity contribution in [3.8, 4) is 0 Å². The van der Waals surface area contributed by atoms with E-state index in [9.17, 15) is 4.79 Å². The molecule has 1 unspecified atom stereocenters. The Balaban J connectivity index is 1.51. The van der Waals surface area contributed by atoms with E-state index in [0.717, 1.165) is 28.6 Å². The number of nitrogens with one attached hydrogen (secondary N) is 1. The molecule has 1 aliphatic rings. The Morgan fingerprint density at radius 1 is 1.44 bits per heavy atom. The number of rotatable bonds is 5. The Morgan fingerprint density at radius 2 is 2.36 bits per heavy atom. The minimum Gasteiger partial charge on any atom is -0.468 e. The molecule has 0 bridgehead atoms. The molecule has 0 aliphatic carbocycles. The van der Waals surface area contributed by atoms with Crippen LogP contribution < -0.4 is 5.32 Å². The highest BCUT2D eigenvalue weighted by atomic mass is 32.1. The fourth-order valence-electron chi connectivity index (χ4n) is 3.34. The van der Waals surface area contributed by atoms with E-state index in [1.807, 2.05) is 41.3 Å². The molecular formula is C18H20N4O2S. The van der Waals surface area contributed by atoms with Crippen molar-refractivity contribution in [1.29, 1.82) is 0 Å². The Labute approximate surface area is 150 Å². The first-order chi connectivity index (χ1) is 12.2. The Hall–Kier alpha value is -2.38. The Bertz CT molecular complexity index is 839. The highest BCUT2D eigenvalue weighted by Gasteiger charge is 2.34. The molecule has 1 amide bonds. The number of thiophene rings is 1. The van der Waals surface area contributed by atoms with Crippen LogP contribution in [0.4, 0.5) is 0 Å². The molecule has 3 aromatic rings. The first kappa shape index (κ1) is 16.1. The van der Waals surface area contributed by atoms with Gasteiger partial charge in [0.25, 0.3) is 0 Å². The average Bonchev–Trinajstić information content (AvgIpc) is 3.35. The van der Waals surface area contributed by atoms with Crippen LogP contribution in [0.3, 0.4) is 0 Å². The van der Waals surface area contributed by atoms with Crippen LogP contribution in [-0.2, 0) is 31.5 Å². The van der Waals surface area contributed by atoms with Gasteiger partial charge in [-0.05, 0) is 23.6 Å². The lowest BCUT2D eigenvalue weighted by atomic mass is 9.97. The number of aromatic nitrogens is 2. The van der Waals surface area contributed by atoms with Crippen LogP contribution >= 0.6 is 11.3 Å². The van der Waals surface area contributed by atoms with Crippen LogP contribution in [0.15, 0.2) is 46.7 Å². The highest BCUT2D eigenvalue weighted by molar-refractivity contribution is 7.09. The van der Waals surface area contributed by atoms with Crippen molar-refractivity contribution in [2.75, 3.05) is 6.54 Å². The zero-order chi connectivity index (χ0) is 17.2. The largest absolute Gasteiger partial charge is 0.468 e. The zero-order valence-corrected chi connectivity index (χ0v) is 14.8. The van der Waals surface area contributed by atoms with Gasteiger partial charge in [-0.25, -0.2) is 4.98 Å². The van der Waals surface area contributed by atoms with E-state index in [2.05, 4.69) is 15.2 Å². The summed E-state index contributed by atoms with van der Waals surface area (Å²) in [7, 11) is 1.95. The molecule has 6 nitrogen and oxygen atoms in total. The van der Waals surface area contributed by atoms with Crippen molar-refractivity contribution in [1.82, 2.24) is 19.8 Å². The smallest absolute Gasteiger partial charge is 0.230 e. The molecule has 25 heavy (non-hydrogen) atoms. The number of furan rings is 1. The first-order valence-corrected chi connectivity index (χ1v) is 9.13. The third-order valence-corrected chi connectivity index (χ3v) is 5.38. The summed E-state index contributed by atoms with van der Waals surface area (Å²) in [4.78, 5) is 20.7. The van der Waals surface area contributed by atoms with Gasteiger partial charge in [-0.15, -0.1) is 11.3 Å². The summed E-state index contributed by atoms with van der Waals surface area (Å²) in [5, 5.41) is 5.09. The summed E-state index contributed by atoms with van der Waals surface area (Å²) < 4.78 is 7.42. The number of amides is 1. The number of carbonyl (C=O) groups is 1. The number of imidazole rings is 1. The fourth-order valence-corrected chi connectivity index (χ4v) is 3.98. The normalized spacial score (nSPS) is 17.4. The van der Waals surface area contributed by atoms with Crippen LogP contribution in [0.1, 0.15) is 27.9 Å².